The monoisotopic (exact) mass is 543 g/mol. The topological polar surface area (TPSA) is 65.6 Å². The molecule has 1 aliphatic carbocycles. The quantitative estimate of drug-likeness (QED) is 0.219. The van der Waals surface area contributed by atoms with Gasteiger partial charge in [0.05, 0.1) is 6.61 Å². The van der Waals surface area contributed by atoms with Gasteiger partial charge in [-0.2, -0.15) is 0 Å². The molecule has 1 atom stereocenters. The van der Waals surface area contributed by atoms with Gasteiger partial charge >= 0.3 is 0 Å². The molecular weight excluding hydrogens is 510 g/mol. The lowest BCUT2D eigenvalue weighted by Gasteiger charge is -2.29. The molecule has 5 rings (SSSR count). The number of carbonyl (C=O) groups is 2. The molecule has 4 aromatic rings. The zero-order valence-electron chi connectivity index (χ0n) is 22.2. The number of nitrogens with zero attached hydrogens (tertiary/aromatic N) is 2. The molecule has 0 radical (unpaired) electrons. The van der Waals surface area contributed by atoms with E-state index < -0.39 is 5.38 Å². The van der Waals surface area contributed by atoms with Crippen LogP contribution in [-0.2, 0) is 22.6 Å². The number of hydrogen-bond acceptors (Lipinski definition) is 3. The van der Waals surface area contributed by atoms with Crippen molar-refractivity contribution in [3.8, 4) is 5.75 Å². The Morgan fingerprint density at radius 1 is 1.00 bits per heavy atom. The van der Waals surface area contributed by atoms with Gasteiger partial charge in [-0.3, -0.25) is 9.59 Å². The minimum absolute atomic E-state index is 0.0183. The lowest BCUT2D eigenvalue weighted by Crippen LogP contribution is -2.45. The first kappa shape index (κ1) is 26.8. The van der Waals surface area contributed by atoms with Gasteiger partial charge in [0.25, 0.3) is 0 Å². The van der Waals surface area contributed by atoms with E-state index in [4.69, 9.17) is 16.3 Å². The highest BCUT2D eigenvalue weighted by atomic mass is 35.5. The van der Waals surface area contributed by atoms with E-state index in [0.29, 0.717) is 26.1 Å². The number of carbonyl (C=O) groups excluding carboxylic acids is 2. The zero-order chi connectivity index (χ0) is 27.2. The first-order valence-corrected chi connectivity index (χ1v) is 14.0. The predicted molar refractivity (Wildman–Crippen MR) is 155 cm³/mol. The van der Waals surface area contributed by atoms with Crippen LogP contribution in [-0.4, -0.2) is 52.3 Å². The molecule has 1 saturated carbocycles. The molecule has 1 aliphatic rings. The number of aromatic amines is 1. The second-order valence-corrected chi connectivity index (χ2v) is 10.4. The molecule has 1 fully saturated rings. The standard InChI is InChI=1S/C32H34ClN3O3/c1-2-39-27-16-12-23(13-17-27)21-35(19-18-25-20-34-29-11-7-6-10-28(25)29)30(37)22-36(26-14-15-26)32(38)31(33)24-8-4-3-5-9-24/h3-13,16-17,20,26,31,34H,2,14-15,18-19,21-22H2,1H3. The van der Waals surface area contributed by atoms with E-state index in [-0.39, 0.29) is 24.4 Å². The van der Waals surface area contributed by atoms with Crippen molar-refractivity contribution in [2.24, 2.45) is 0 Å². The average Bonchev–Trinajstić information content (AvgIpc) is 3.74. The van der Waals surface area contributed by atoms with Crippen molar-refractivity contribution in [2.45, 2.75) is 44.1 Å². The number of benzene rings is 3. The van der Waals surface area contributed by atoms with Crippen LogP contribution < -0.4 is 4.74 Å². The van der Waals surface area contributed by atoms with Crippen molar-refractivity contribution < 1.29 is 14.3 Å². The molecule has 7 heteroatoms. The van der Waals surface area contributed by atoms with Crippen LogP contribution in [0.5, 0.6) is 5.75 Å². The summed E-state index contributed by atoms with van der Waals surface area (Å²) in [7, 11) is 0. The van der Waals surface area contributed by atoms with Crippen molar-refractivity contribution >= 4 is 34.3 Å². The Bertz CT molecular complexity index is 1400. The summed E-state index contributed by atoms with van der Waals surface area (Å²) in [5.74, 6) is 0.509. The number of fused-ring (bicyclic) bond motifs is 1. The number of aromatic nitrogens is 1. The second-order valence-electron chi connectivity index (χ2n) is 9.97. The van der Waals surface area contributed by atoms with E-state index in [9.17, 15) is 9.59 Å². The Hall–Kier alpha value is -3.77. The summed E-state index contributed by atoms with van der Waals surface area (Å²) in [6, 6.07) is 25.4. The summed E-state index contributed by atoms with van der Waals surface area (Å²) in [5, 5.41) is 0.346. The summed E-state index contributed by atoms with van der Waals surface area (Å²) in [6.45, 7) is 3.55. The maximum atomic E-state index is 13.8. The van der Waals surface area contributed by atoms with E-state index in [1.54, 1.807) is 4.90 Å². The summed E-state index contributed by atoms with van der Waals surface area (Å²) in [4.78, 5) is 34.1. The molecule has 6 nitrogen and oxygen atoms in total. The molecule has 1 aromatic heterocycles. The number of para-hydroxylation sites is 1. The fourth-order valence-corrected chi connectivity index (χ4v) is 5.16. The van der Waals surface area contributed by atoms with Crippen LogP contribution in [0.4, 0.5) is 0 Å². The maximum absolute atomic E-state index is 13.8. The number of hydrogen-bond donors (Lipinski definition) is 1. The summed E-state index contributed by atoms with van der Waals surface area (Å²) < 4.78 is 5.58. The van der Waals surface area contributed by atoms with Crippen LogP contribution in [0.25, 0.3) is 10.9 Å². The molecule has 1 unspecified atom stereocenters. The van der Waals surface area contributed by atoms with Crippen LogP contribution in [0, 0.1) is 0 Å². The zero-order valence-corrected chi connectivity index (χ0v) is 22.9. The first-order valence-electron chi connectivity index (χ1n) is 13.6. The Labute approximate surface area is 234 Å². The third-order valence-corrected chi connectivity index (χ3v) is 7.61. The Balaban J connectivity index is 1.33. The number of ether oxygens (including phenoxy) is 1. The predicted octanol–water partition coefficient (Wildman–Crippen LogP) is 6.11. The van der Waals surface area contributed by atoms with Crippen LogP contribution in [0.15, 0.2) is 85.1 Å². The molecule has 0 bridgehead atoms. The highest BCUT2D eigenvalue weighted by Gasteiger charge is 2.37. The first-order chi connectivity index (χ1) is 19.0. The molecule has 0 aliphatic heterocycles. The third kappa shape index (κ3) is 6.63. The lowest BCUT2D eigenvalue weighted by molar-refractivity contribution is -0.141. The SMILES string of the molecule is CCOc1ccc(CN(CCc2c[nH]c3ccccc23)C(=O)CN(C(=O)C(Cl)c2ccccc2)C2CC2)cc1. The highest BCUT2D eigenvalue weighted by Crippen LogP contribution is 2.32. The van der Waals surface area contributed by atoms with Crippen LogP contribution in [0.3, 0.4) is 0 Å². The van der Waals surface area contributed by atoms with E-state index in [2.05, 4.69) is 17.1 Å². The van der Waals surface area contributed by atoms with Gasteiger partial charge in [0.15, 0.2) is 0 Å². The Kier molecular flexibility index (Phi) is 8.52. The smallest absolute Gasteiger partial charge is 0.245 e. The van der Waals surface area contributed by atoms with Crippen molar-refractivity contribution in [3.05, 3.63) is 102 Å². The van der Waals surface area contributed by atoms with Gasteiger partial charge < -0.3 is 19.5 Å². The molecule has 3 aromatic carbocycles. The Morgan fingerprint density at radius 2 is 1.72 bits per heavy atom. The van der Waals surface area contributed by atoms with Crippen LogP contribution >= 0.6 is 11.6 Å². The minimum atomic E-state index is -0.814. The summed E-state index contributed by atoms with van der Waals surface area (Å²) in [5.41, 5.74) is 3.99. The number of halogens is 1. The van der Waals surface area contributed by atoms with E-state index in [0.717, 1.165) is 46.2 Å². The second kappa shape index (κ2) is 12.4. The normalized spacial score (nSPS) is 13.7. The van der Waals surface area contributed by atoms with Crippen LogP contribution in [0.1, 0.15) is 41.8 Å². The van der Waals surface area contributed by atoms with E-state index in [1.807, 2.05) is 84.8 Å². The summed E-state index contributed by atoms with van der Waals surface area (Å²) >= 11 is 6.61. The van der Waals surface area contributed by atoms with Crippen molar-refractivity contribution in [1.29, 1.82) is 0 Å². The van der Waals surface area contributed by atoms with E-state index in [1.165, 1.54) is 0 Å². The molecule has 39 heavy (non-hydrogen) atoms. The van der Waals surface area contributed by atoms with Crippen molar-refractivity contribution in [3.63, 3.8) is 0 Å². The van der Waals surface area contributed by atoms with Gasteiger partial charge in [-0.1, -0.05) is 60.7 Å². The van der Waals surface area contributed by atoms with Gasteiger partial charge in [-0.25, -0.2) is 0 Å². The Morgan fingerprint density at radius 3 is 2.44 bits per heavy atom. The van der Waals surface area contributed by atoms with E-state index >= 15 is 0 Å². The van der Waals surface area contributed by atoms with Gasteiger partial charge in [0, 0.05) is 36.2 Å². The highest BCUT2D eigenvalue weighted by molar-refractivity contribution is 6.30. The molecule has 0 spiro atoms. The fraction of sp³-hybridized carbons (Fsp3) is 0.312. The molecule has 0 saturated heterocycles. The largest absolute Gasteiger partial charge is 0.494 e. The average molecular weight is 544 g/mol. The van der Waals surface area contributed by atoms with Gasteiger partial charge in [-0.15, -0.1) is 11.6 Å². The van der Waals surface area contributed by atoms with Gasteiger partial charge in [0.1, 0.15) is 17.7 Å². The number of alkyl halides is 1. The maximum Gasteiger partial charge on any atom is 0.245 e. The number of rotatable bonds is 12. The molecular formula is C32H34ClN3O3. The third-order valence-electron chi connectivity index (χ3n) is 7.17. The van der Waals surface area contributed by atoms with Crippen molar-refractivity contribution in [1.82, 2.24) is 14.8 Å². The minimum Gasteiger partial charge on any atom is -0.494 e. The van der Waals surface area contributed by atoms with Gasteiger partial charge in [0.2, 0.25) is 11.8 Å². The van der Waals surface area contributed by atoms with Crippen molar-refractivity contribution in [2.75, 3.05) is 19.7 Å². The number of amides is 2. The summed E-state index contributed by atoms with van der Waals surface area (Å²) in [6.07, 6.45) is 4.51. The fourth-order valence-electron chi connectivity index (χ4n) is 4.89. The molecule has 1 heterocycles. The van der Waals surface area contributed by atoms with Gasteiger partial charge in [-0.05, 0) is 61.1 Å². The number of nitrogens with one attached hydrogen (secondary N) is 1. The number of H-pyrrole nitrogens is 1. The molecule has 202 valence electrons. The molecule has 1 N–H and O–H groups in total. The molecule has 2 amide bonds. The lowest BCUT2D eigenvalue weighted by atomic mass is 10.1. The van der Waals surface area contributed by atoms with Crippen LogP contribution in [0.2, 0.25) is 0 Å².